The van der Waals surface area contributed by atoms with Crippen LogP contribution in [0.15, 0.2) is 24.3 Å². The third kappa shape index (κ3) is 2.71. The first-order chi connectivity index (χ1) is 9.74. The second kappa shape index (κ2) is 5.98. The summed E-state index contributed by atoms with van der Waals surface area (Å²) >= 11 is 2.06. The summed E-state index contributed by atoms with van der Waals surface area (Å²) in [7, 11) is 0. The van der Waals surface area contributed by atoms with Crippen molar-refractivity contribution in [2.24, 2.45) is 5.92 Å². The molecule has 1 aliphatic heterocycles. The van der Waals surface area contributed by atoms with Crippen molar-refractivity contribution in [1.29, 1.82) is 0 Å². The zero-order chi connectivity index (χ0) is 14.0. The van der Waals surface area contributed by atoms with Crippen LogP contribution in [-0.4, -0.2) is 24.2 Å². The number of ether oxygens (including phenoxy) is 1. The molecule has 2 aliphatic rings. The molecule has 1 aromatic rings. The maximum atomic E-state index is 5.84. The molecule has 20 heavy (non-hydrogen) atoms. The zero-order valence-corrected chi connectivity index (χ0v) is 13.3. The van der Waals surface area contributed by atoms with Gasteiger partial charge in [-0.15, -0.1) is 0 Å². The fourth-order valence-electron chi connectivity index (χ4n) is 3.57. The first-order valence-electron chi connectivity index (χ1n) is 7.74. The fraction of sp³-hybridized carbons (Fsp3) is 0.647. The number of para-hydroxylation sites is 1. The molecule has 0 saturated heterocycles. The molecule has 2 nitrogen and oxygen atoms in total. The van der Waals surface area contributed by atoms with Crippen LogP contribution in [0.5, 0.6) is 5.75 Å². The highest BCUT2D eigenvalue weighted by Crippen LogP contribution is 2.41. The van der Waals surface area contributed by atoms with Crippen LogP contribution in [0, 0.1) is 5.92 Å². The highest BCUT2D eigenvalue weighted by Gasteiger charge is 2.35. The SMILES string of the molecule is CSC1(CNC2c3ccccc3OCC2C)CCCC1. The van der Waals surface area contributed by atoms with E-state index in [1.54, 1.807) is 0 Å². The van der Waals surface area contributed by atoms with E-state index in [-0.39, 0.29) is 0 Å². The second-order valence-electron chi connectivity index (χ2n) is 6.28. The van der Waals surface area contributed by atoms with Gasteiger partial charge in [-0.2, -0.15) is 11.8 Å². The Morgan fingerprint density at radius 3 is 2.80 bits per heavy atom. The van der Waals surface area contributed by atoms with Gasteiger partial charge in [0.2, 0.25) is 0 Å². The van der Waals surface area contributed by atoms with Gasteiger partial charge in [0.05, 0.1) is 6.61 Å². The van der Waals surface area contributed by atoms with Crippen LogP contribution in [0.4, 0.5) is 0 Å². The highest BCUT2D eigenvalue weighted by molar-refractivity contribution is 8.00. The third-order valence-electron chi connectivity index (χ3n) is 4.92. The summed E-state index contributed by atoms with van der Waals surface area (Å²) in [6, 6.07) is 8.92. The van der Waals surface area contributed by atoms with Crippen LogP contribution in [0.25, 0.3) is 0 Å². The average molecular weight is 291 g/mol. The summed E-state index contributed by atoms with van der Waals surface area (Å²) in [6.45, 7) is 4.23. The number of thioether (sulfide) groups is 1. The van der Waals surface area contributed by atoms with Crippen LogP contribution >= 0.6 is 11.8 Å². The third-order valence-corrected chi connectivity index (χ3v) is 6.34. The van der Waals surface area contributed by atoms with Gasteiger partial charge in [0, 0.05) is 28.8 Å². The molecule has 1 aromatic carbocycles. The van der Waals surface area contributed by atoms with Crippen molar-refractivity contribution in [2.75, 3.05) is 19.4 Å². The van der Waals surface area contributed by atoms with Crippen LogP contribution in [0.3, 0.4) is 0 Å². The maximum Gasteiger partial charge on any atom is 0.124 e. The van der Waals surface area contributed by atoms with Crippen molar-refractivity contribution < 1.29 is 4.74 Å². The van der Waals surface area contributed by atoms with Crippen LogP contribution < -0.4 is 10.1 Å². The molecule has 3 heteroatoms. The number of nitrogens with one attached hydrogen (secondary N) is 1. The van der Waals surface area contributed by atoms with Gasteiger partial charge in [-0.05, 0) is 25.2 Å². The van der Waals surface area contributed by atoms with Crippen molar-refractivity contribution in [2.45, 2.75) is 43.4 Å². The van der Waals surface area contributed by atoms with E-state index in [4.69, 9.17) is 4.74 Å². The monoisotopic (exact) mass is 291 g/mol. The van der Waals surface area contributed by atoms with E-state index < -0.39 is 0 Å². The van der Waals surface area contributed by atoms with Gasteiger partial charge in [-0.1, -0.05) is 38.0 Å². The summed E-state index contributed by atoms with van der Waals surface area (Å²) in [4.78, 5) is 0. The minimum Gasteiger partial charge on any atom is -0.493 e. The number of hydrogen-bond acceptors (Lipinski definition) is 3. The van der Waals surface area contributed by atoms with Gasteiger partial charge in [0.1, 0.15) is 5.75 Å². The standard InChI is InChI=1S/C17H25NOS/c1-13-11-19-15-8-4-3-7-14(15)16(13)18-12-17(20-2)9-5-6-10-17/h3-4,7-8,13,16,18H,5-6,9-12H2,1-2H3. The van der Waals surface area contributed by atoms with E-state index >= 15 is 0 Å². The topological polar surface area (TPSA) is 21.3 Å². The summed E-state index contributed by atoms with van der Waals surface area (Å²) in [6.07, 6.45) is 7.78. The lowest BCUT2D eigenvalue weighted by Gasteiger charge is -2.36. The van der Waals surface area contributed by atoms with Crippen molar-refractivity contribution >= 4 is 11.8 Å². The van der Waals surface area contributed by atoms with Crippen LogP contribution in [0.2, 0.25) is 0 Å². The number of benzene rings is 1. The largest absolute Gasteiger partial charge is 0.493 e. The molecule has 1 N–H and O–H groups in total. The molecule has 1 aliphatic carbocycles. The average Bonchev–Trinajstić information content (AvgIpc) is 2.96. The summed E-state index contributed by atoms with van der Waals surface area (Å²) in [5.74, 6) is 1.60. The Kier molecular flexibility index (Phi) is 4.27. The van der Waals surface area contributed by atoms with E-state index in [9.17, 15) is 0 Å². The Bertz CT molecular complexity index is 456. The smallest absolute Gasteiger partial charge is 0.124 e. The second-order valence-corrected chi connectivity index (χ2v) is 7.55. The molecule has 0 spiro atoms. The number of fused-ring (bicyclic) bond motifs is 1. The van der Waals surface area contributed by atoms with Crippen LogP contribution in [-0.2, 0) is 0 Å². The number of rotatable bonds is 4. The van der Waals surface area contributed by atoms with Gasteiger partial charge in [-0.25, -0.2) is 0 Å². The van der Waals surface area contributed by atoms with E-state index in [0.717, 1.165) is 18.9 Å². The van der Waals surface area contributed by atoms with Crippen molar-refractivity contribution in [3.8, 4) is 5.75 Å². The molecule has 0 radical (unpaired) electrons. The summed E-state index contributed by atoms with van der Waals surface area (Å²) in [5, 5.41) is 3.86. The van der Waals surface area contributed by atoms with E-state index in [1.165, 1.54) is 31.2 Å². The van der Waals surface area contributed by atoms with Crippen LogP contribution in [0.1, 0.15) is 44.2 Å². The van der Waals surface area contributed by atoms with E-state index in [1.807, 2.05) is 0 Å². The zero-order valence-electron chi connectivity index (χ0n) is 12.5. The molecule has 0 bridgehead atoms. The minimum absolute atomic E-state index is 0.435. The molecule has 110 valence electrons. The van der Waals surface area contributed by atoms with Gasteiger partial charge in [0.15, 0.2) is 0 Å². The Morgan fingerprint density at radius 1 is 1.30 bits per heavy atom. The first kappa shape index (κ1) is 14.3. The number of hydrogen-bond donors (Lipinski definition) is 1. The fourth-order valence-corrected chi connectivity index (χ4v) is 4.50. The van der Waals surface area contributed by atoms with Gasteiger partial charge in [-0.3, -0.25) is 0 Å². The minimum atomic E-state index is 0.435. The predicted molar refractivity (Wildman–Crippen MR) is 86.6 cm³/mol. The molecular weight excluding hydrogens is 266 g/mol. The lowest BCUT2D eigenvalue weighted by atomic mass is 9.91. The van der Waals surface area contributed by atoms with E-state index in [2.05, 4.69) is 54.5 Å². The molecule has 1 heterocycles. The van der Waals surface area contributed by atoms with Gasteiger partial charge < -0.3 is 10.1 Å². The predicted octanol–water partition coefficient (Wildman–Crippen LogP) is 4.02. The van der Waals surface area contributed by atoms with E-state index in [0.29, 0.717) is 16.7 Å². The Morgan fingerprint density at radius 2 is 2.05 bits per heavy atom. The maximum absolute atomic E-state index is 5.84. The van der Waals surface area contributed by atoms with Crippen molar-refractivity contribution in [3.63, 3.8) is 0 Å². The summed E-state index contributed by atoms with van der Waals surface area (Å²) in [5.41, 5.74) is 1.33. The molecule has 2 atom stereocenters. The molecule has 1 fully saturated rings. The molecule has 3 rings (SSSR count). The molecule has 0 aromatic heterocycles. The first-order valence-corrected chi connectivity index (χ1v) is 8.97. The molecule has 0 amide bonds. The molecular formula is C17H25NOS. The summed E-state index contributed by atoms with van der Waals surface area (Å²) < 4.78 is 6.31. The normalized spacial score (nSPS) is 27.9. The lowest BCUT2D eigenvalue weighted by molar-refractivity contribution is 0.186. The molecule has 1 saturated carbocycles. The highest BCUT2D eigenvalue weighted by atomic mass is 32.2. The Hall–Kier alpha value is -0.670. The molecule has 2 unspecified atom stereocenters. The van der Waals surface area contributed by atoms with Gasteiger partial charge in [0.25, 0.3) is 0 Å². The Balaban J connectivity index is 1.73. The quantitative estimate of drug-likeness (QED) is 0.905. The van der Waals surface area contributed by atoms with Gasteiger partial charge >= 0.3 is 0 Å². The van der Waals surface area contributed by atoms with Crippen molar-refractivity contribution in [1.82, 2.24) is 5.32 Å². The van der Waals surface area contributed by atoms with Crippen molar-refractivity contribution in [3.05, 3.63) is 29.8 Å². The lowest BCUT2D eigenvalue weighted by Crippen LogP contribution is -2.41. The Labute approximate surface area is 126 Å².